The minimum Gasteiger partial charge on any atom is -0.383 e. The summed E-state index contributed by atoms with van der Waals surface area (Å²) in [5.41, 5.74) is 12.8. The van der Waals surface area contributed by atoms with Crippen molar-refractivity contribution in [3.8, 4) is 0 Å². The lowest BCUT2D eigenvalue weighted by molar-refractivity contribution is 0.100. The molecule has 6 N–H and O–H groups in total. The Morgan fingerprint density at radius 1 is 1.13 bits per heavy atom. The third-order valence-corrected chi connectivity index (χ3v) is 5.43. The molecule has 0 saturated carbocycles. The van der Waals surface area contributed by atoms with E-state index in [4.69, 9.17) is 16.9 Å². The lowest BCUT2D eigenvalue weighted by Crippen LogP contribution is -2.21. The third kappa shape index (κ3) is 5.61. The summed E-state index contributed by atoms with van der Waals surface area (Å²) < 4.78 is 2.00. The van der Waals surface area contributed by atoms with Gasteiger partial charge in [-0.25, -0.2) is 9.97 Å². The largest absolute Gasteiger partial charge is 0.383 e. The van der Waals surface area contributed by atoms with Crippen molar-refractivity contribution in [1.29, 1.82) is 5.41 Å². The Morgan fingerprint density at radius 3 is 2.45 bits per heavy atom. The van der Waals surface area contributed by atoms with E-state index >= 15 is 0 Å². The number of primary amides is 1. The Balaban J connectivity index is 1.71. The fourth-order valence-electron chi connectivity index (χ4n) is 2.80. The molecule has 2 aromatic carbocycles. The molecule has 0 atom stereocenters. The van der Waals surface area contributed by atoms with Crippen LogP contribution in [0.5, 0.6) is 0 Å². The number of anilines is 2. The summed E-state index contributed by atoms with van der Waals surface area (Å²) in [6.45, 7) is 5.06. The van der Waals surface area contributed by atoms with Crippen LogP contribution in [-0.4, -0.2) is 39.0 Å². The average Bonchev–Trinajstić information content (AvgIpc) is 2.79. The maximum absolute atomic E-state index is 11.3. The number of hydrogen-bond acceptors (Lipinski definition) is 8. The SMILES string of the molecule is C=CN(CCNc1ncnc(N)c1C(=N)c1ccc(C(N)=O)cc1)Sc1ccccc1. The summed E-state index contributed by atoms with van der Waals surface area (Å²) in [6, 6.07) is 16.4. The van der Waals surface area contributed by atoms with Crippen LogP contribution in [0.2, 0.25) is 0 Å². The summed E-state index contributed by atoms with van der Waals surface area (Å²) in [5, 5.41) is 11.8. The van der Waals surface area contributed by atoms with Gasteiger partial charge in [0.2, 0.25) is 5.91 Å². The fraction of sp³-hybridized carbons (Fsp3) is 0.0909. The summed E-state index contributed by atoms with van der Waals surface area (Å²) in [4.78, 5) is 20.7. The first kappa shape index (κ1) is 21.8. The van der Waals surface area contributed by atoms with Crippen molar-refractivity contribution in [2.45, 2.75) is 4.90 Å². The Labute approximate surface area is 185 Å². The lowest BCUT2D eigenvalue weighted by Gasteiger charge is -2.20. The highest BCUT2D eigenvalue weighted by molar-refractivity contribution is 7.97. The van der Waals surface area contributed by atoms with Crippen LogP contribution in [0.15, 0.2) is 78.6 Å². The number of carbonyl (C=O) groups excluding carboxylic acids is 1. The molecule has 158 valence electrons. The van der Waals surface area contributed by atoms with E-state index in [1.807, 2.05) is 34.6 Å². The monoisotopic (exact) mass is 433 g/mol. The molecule has 0 spiro atoms. The molecule has 0 bridgehead atoms. The number of carbonyl (C=O) groups is 1. The van der Waals surface area contributed by atoms with E-state index in [1.165, 1.54) is 6.33 Å². The molecule has 0 aliphatic carbocycles. The molecule has 0 aliphatic heterocycles. The number of benzene rings is 2. The summed E-state index contributed by atoms with van der Waals surface area (Å²) in [6.07, 6.45) is 3.12. The Hall–Kier alpha value is -3.85. The van der Waals surface area contributed by atoms with Crippen molar-refractivity contribution in [3.63, 3.8) is 0 Å². The van der Waals surface area contributed by atoms with Gasteiger partial charge >= 0.3 is 0 Å². The molecule has 0 fully saturated rings. The van der Waals surface area contributed by atoms with E-state index in [2.05, 4.69) is 21.9 Å². The molecule has 0 saturated heterocycles. The maximum Gasteiger partial charge on any atom is 0.248 e. The second-order valence-electron chi connectivity index (χ2n) is 6.45. The quantitative estimate of drug-likeness (QED) is 0.285. The van der Waals surface area contributed by atoms with Crippen LogP contribution in [0.25, 0.3) is 0 Å². The van der Waals surface area contributed by atoms with E-state index in [1.54, 1.807) is 42.4 Å². The number of amides is 1. The minimum atomic E-state index is -0.525. The van der Waals surface area contributed by atoms with Crippen molar-refractivity contribution in [2.75, 3.05) is 24.1 Å². The number of nitrogens with one attached hydrogen (secondary N) is 2. The van der Waals surface area contributed by atoms with Gasteiger partial charge in [-0.15, -0.1) is 0 Å². The van der Waals surface area contributed by atoms with Gasteiger partial charge in [0.15, 0.2) is 0 Å². The molecule has 0 unspecified atom stereocenters. The number of nitrogens with two attached hydrogens (primary N) is 2. The number of nitrogens with zero attached hydrogens (tertiary/aromatic N) is 3. The average molecular weight is 434 g/mol. The molecule has 3 aromatic rings. The Kier molecular flexibility index (Phi) is 7.23. The van der Waals surface area contributed by atoms with E-state index in [-0.39, 0.29) is 11.5 Å². The number of nitrogen functional groups attached to an aromatic ring is 1. The van der Waals surface area contributed by atoms with Crippen molar-refractivity contribution in [3.05, 3.63) is 90.4 Å². The standard InChI is InChI=1S/C22H23N7OS/c1-2-29(31-17-6-4-3-5-7-17)13-12-26-22-18(20(24)27-14-28-22)19(23)15-8-10-16(11-9-15)21(25)30/h2-11,14,23H,1,12-13H2,(H2,25,30)(H3,24,26,27,28). The van der Waals surface area contributed by atoms with Crippen molar-refractivity contribution in [2.24, 2.45) is 5.73 Å². The lowest BCUT2D eigenvalue weighted by atomic mass is 10.0. The van der Waals surface area contributed by atoms with E-state index in [0.29, 0.717) is 35.6 Å². The molecule has 31 heavy (non-hydrogen) atoms. The van der Waals surface area contributed by atoms with Gasteiger partial charge in [0.1, 0.15) is 18.0 Å². The number of hydrogen-bond donors (Lipinski definition) is 4. The van der Waals surface area contributed by atoms with E-state index < -0.39 is 5.91 Å². The molecular weight excluding hydrogens is 410 g/mol. The van der Waals surface area contributed by atoms with Gasteiger partial charge in [0.05, 0.1) is 11.3 Å². The zero-order valence-corrected chi connectivity index (χ0v) is 17.6. The summed E-state index contributed by atoms with van der Waals surface area (Å²) in [5.74, 6) is 0.133. The van der Waals surface area contributed by atoms with Gasteiger partial charge in [-0.2, -0.15) is 0 Å². The van der Waals surface area contributed by atoms with Crippen molar-refractivity contribution in [1.82, 2.24) is 14.3 Å². The molecule has 1 amide bonds. The smallest absolute Gasteiger partial charge is 0.248 e. The molecule has 8 nitrogen and oxygen atoms in total. The van der Waals surface area contributed by atoms with Crippen LogP contribution in [0.3, 0.4) is 0 Å². The van der Waals surface area contributed by atoms with Crippen LogP contribution in [-0.2, 0) is 0 Å². The van der Waals surface area contributed by atoms with Crippen LogP contribution in [0.1, 0.15) is 21.5 Å². The van der Waals surface area contributed by atoms with Gasteiger partial charge < -0.3 is 21.1 Å². The minimum absolute atomic E-state index is 0.149. The number of rotatable bonds is 10. The molecule has 3 rings (SSSR count). The van der Waals surface area contributed by atoms with Crippen molar-refractivity contribution < 1.29 is 4.79 Å². The molecule has 9 heteroatoms. The van der Waals surface area contributed by atoms with Crippen LogP contribution >= 0.6 is 11.9 Å². The summed E-state index contributed by atoms with van der Waals surface area (Å²) in [7, 11) is 0. The molecule has 0 aliphatic rings. The predicted molar refractivity (Wildman–Crippen MR) is 125 cm³/mol. The molecule has 1 aromatic heterocycles. The van der Waals surface area contributed by atoms with Gasteiger partial charge in [0, 0.05) is 35.3 Å². The van der Waals surface area contributed by atoms with Gasteiger partial charge in [0.25, 0.3) is 0 Å². The van der Waals surface area contributed by atoms with Crippen LogP contribution in [0.4, 0.5) is 11.6 Å². The Bertz CT molecular complexity index is 1070. The molecular formula is C22H23N7OS. The maximum atomic E-state index is 11.3. The highest BCUT2D eigenvalue weighted by Crippen LogP contribution is 2.24. The zero-order chi connectivity index (χ0) is 22.2. The second kappa shape index (κ2) is 10.3. The second-order valence-corrected chi connectivity index (χ2v) is 7.58. The van der Waals surface area contributed by atoms with Gasteiger partial charge in [-0.1, -0.05) is 36.9 Å². The van der Waals surface area contributed by atoms with Gasteiger partial charge in [-0.05, 0) is 36.2 Å². The number of aromatic nitrogens is 2. The first-order valence-corrected chi connectivity index (χ1v) is 10.2. The zero-order valence-electron chi connectivity index (χ0n) is 16.8. The predicted octanol–water partition coefficient (Wildman–Crippen LogP) is 3.14. The molecule has 1 heterocycles. The highest BCUT2D eigenvalue weighted by atomic mass is 32.2. The first-order valence-electron chi connectivity index (χ1n) is 9.45. The summed E-state index contributed by atoms with van der Waals surface area (Å²) >= 11 is 1.58. The highest BCUT2D eigenvalue weighted by Gasteiger charge is 2.16. The third-order valence-electron chi connectivity index (χ3n) is 4.38. The normalized spacial score (nSPS) is 10.3. The van der Waals surface area contributed by atoms with Crippen LogP contribution in [0, 0.1) is 5.41 Å². The van der Waals surface area contributed by atoms with E-state index in [9.17, 15) is 4.79 Å². The molecule has 0 radical (unpaired) electrons. The van der Waals surface area contributed by atoms with E-state index in [0.717, 1.165) is 4.90 Å². The Morgan fingerprint density at radius 2 is 1.81 bits per heavy atom. The van der Waals surface area contributed by atoms with Crippen molar-refractivity contribution >= 4 is 35.2 Å². The van der Waals surface area contributed by atoms with Gasteiger partial charge in [-0.3, -0.25) is 10.2 Å². The first-order chi connectivity index (χ1) is 15.0. The topological polar surface area (TPSA) is 134 Å². The van der Waals surface area contributed by atoms with Crippen LogP contribution < -0.4 is 16.8 Å². The fourth-order valence-corrected chi connectivity index (χ4v) is 3.61.